The summed E-state index contributed by atoms with van der Waals surface area (Å²) >= 11 is 5.88. The highest BCUT2D eigenvalue weighted by Crippen LogP contribution is 2.24. The van der Waals surface area contributed by atoms with E-state index in [4.69, 9.17) is 17.3 Å². The molecule has 0 heterocycles. The summed E-state index contributed by atoms with van der Waals surface area (Å²) in [6, 6.07) is 14.3. The van der Waals surface area contributed by atoms with Crippen molar-refractivity contribution in [3.63, 3.8) is 0 Å². The fraction of sp³-hybridized carbons (Fsp3) is 0.250. The van der Waals surface area contributed by atoms with Crippen molar-refractivity contribution in [3.05, 3.63) is 70.5 Å². The fourth-order valence-corrected chi connectivity index (χ4v) is 2.32. The van der Waals surface area contributed by atoms with E-state index in [9.17, 15) is 4.39 Å². The lowest BCUT2D eigenvalue weighted by molar-refractivity contribution is 0.562. The molecule has 3 heteroatoms. The molecular formula is C16H17ClFN. The lowest BCUT2D eigenvalue weighted by atomic mass is 9.87. The maximum absolute atomic E-state index is 13.0. The SMILES string of the molecule is C[C@@H](N)[C@H](Cc1ccc(Cl)cc1)c1ccc(F)cc1. The molecule has 2 aromatic rings. The summed E-state index contributed by atoms with van der Waals surface area (Å²) in [5.74, 6) is -0.0551. The molecule has 0 bridgehead atoms. The van der Waals surface area contributed by atoms with Gasteiger partial charge in [0.15, 0.2) is 0 Å². The van der Waals surface area contributed by atoms with Gasteiger partial charge in [-0.1, -0.05) is 35.9 Å². The van der Waals surface area contributed by atoms with Crippen molar-refractivity contribution in [2.75, 3.05) is 0 Å². The monoisotopic (exact) mass is 277 g/mol. The zero-order valence-electron chi connectivity index (χ0n) is 10.8. The standard InChI is InChI=1S/C16H17ClFN/c1-11(19)16(13-4-8-15(18)9-5-13)10-12-2-6-14(17)7-3-12/h2-9,11,16H,10,19H2,1H3/t11-,16+/m1/s1. The number of benzene rings is 2. The Morgan fingerprint density at radius 3 is 2.16 bits per heavy atom. The highest BCUT2D eigenvalue weighted by Gasteiger charge is 2.16. The van der Waals surface area contributed by atoms with Crippen molar-refractivity contribution in [1.29, 1.82) is 0 Å². The molecule has 0 spiro atoms. The molecule has 0 fully saturated rings. The minimum absolute atomic E-state index is 0.00105. The van der Waals surface area contributed by atoms with Gasteiger partial charge in [0.1, 0.15) is 5.82 Å². The lowest BCUT2D eigenvalue weighted by Crippen LogP contribution is -2.26. The molecule has 0 unspecified atom stereocenters. The number of rotatable bonds is 4. The summed E-state index contributed by atoms with van der Waals surface area (Å²) in [6.45, 7) is 1.98. The van der Waals surface area contributed by atoms with Crippen LogP contribution in [0.1, 0.15) is 24.0 Å². The Morgan fingerprint density at radius 1 is 1.05 bits per heavy atom. The maximum atomic E-state index is 13.0. The quantitative estimate of drug-likeness (QED) is 0.892. The molecule has 100 valence electrons. The summed E-state index contributed by atoms with van der Waals surface area (Å²) in [5.41, 5.74) is 8.30. The number of nitrogens with two attached hydrogens (primary N) is 1. The van der Waals surface area contributed by atoms with Gasteiger partial charge in [0.2, 0.25) is 0 Å². The van der Waals surface area contributed by atoms with Crippen LogP contribution in [0.25, 0.3) is 0 Å². The van der Waals surface area contributed by atoms with E-state index < -0.39 is 0 Å². The molecule has 2 N–H and O–H groups in total. The lowest BCUT2D eigenvalue weighted by Gasteiger charge is -2.21. The molecule has 19 heavy (non-hydrogen) atoms. The first-order valence-electron chi connectivity index (χ1n) is 6.32. The molecule has 0 aliphatic rings. The Balaban J connectivity index is 2.21. The zero-order valence-corrected chi connectivity index (χ0v) is 11.6. The van der Waals surface area contributed by atoms with Crippen LogP contribution in [0.2, 0.25) is 5.02 Å². The topological polar surface area (TPSA) is 26.0 Å². The molecule has 1 nitrogen and oxygen atoms in total. The molecule has 2 rings (SSSR count). The van der Waals surface area contributed by atoms with Crippen molar-refractivity contribution in [1.82, 2.24) is 0 Å². The first-order valence-corrected chi connectivity index (χ1v) is 6.69. The minimum Gasteiger partial charge on any atom is -0.327 e. The normalized spacial score (nSPS) is 14.1. The molecule has 0 saturated carbocycles. The van der Waals surface area contributed by atoms with Crippen molar-refractivity contribution >= 4 is 11.6 Å². The Bertz CT molecular complexity index is 519. The van der Waals surface area contributed by atoms with Crippen LogP contribution in [0.15, 0.2) is 48.5 Å². The summed E-state index contributed by atoms with van der Waals surface area (Å²) in [6.07, 6.45) is 0.820. The zero-order chi connectivity index (χ0) is 13.8. The summed E-state index contributed by atoms with van der Waals surface area (Å²) in [5, 5.41) is 0.725. The second-order valence-electron chi connectivity index (χ2n) is 4.85. The molecule has 0 amide bonds. The molecule has 0 aliphatic heterocycles. The number of halogens is 2. The van der Waals surface area contributed by atoms with Gasteiger partial charge in [0.25, 0.3) is 0 Å². The van der Waals surface area contributed by atoms with E-state index in [1.54, 1.807) is 12.1 Å². The van der Waals surface area contributed by atoms with Gasteiger partial charge in [-0.2, -0.15) is 0 Å². The van der Waals surface area contributed by atoms with E-state index in [0.717, 1.165) is 17.0 Å². The smallest absolute Gasteiger partial charge is 0.123 e. The molecule has 2 atom stereocenters. The van der Waals surface area contributed by atoms with Crippen molar-refractivity contribution in [2.45, 2.75) is 25.3 Å². The first-order chi connectivity index (χ1) is 9.06. The second kappa shape index (κ2) is 6.18. The van der Waals surface area contributed by atoms with E-state index in [2.05, 4.69) is 0 Å². The van der Waals surface area contributed by atoms with E-state index in [1.807, 2.05) is 31.2 Å². The molecule has 0 saturated heterocycles. The highest BCUT2D eigenvalue weighted by atomic mass is 35.5. The van der Waals surface area contributed by atoms with E-state index in [-0.39, 0.29) is 17.8 Å². The summed E-state index contributed by atoms with van der Waals surface area (Å²) in [7, 11) is 0. The van der Waals surface area contributed by atoms with Crippen molar-refractivity contribution in [2.24, 2.45) is 5.73 Å². The van der Waals surface area contributed by atoms with Gasteiger partial charge in [-0.3, -0.25) is 0 Å². The average molecular weight is 278 g/mol. The largest absolute Gasteiger partial charge is 0.327 e. The van der Waals surface area contributed by atoms with Crippen LogP contribution in [0.5, 0.6) is 0 Å². The van der Waals surface area contributed by atoms with Crippen LogP contribution in [-0.2, 0) is 6.42 Å². The first kappa shape index (κ1) is 14.0. The van der Waals surface area contributed by atoms with Crippen molar-refractivity contribution in [3.8, 4) is 0 Å². The molecule has 0 aromatic heterocycles. The summed E-state index contributed by atoms with van der Waals surface area (Å²) < 4.78 is 13.0. The maximum Gasteiger partial charge on any atom is 0.123 e. The van der Waals surface area contributed by atoms with Gasteiger partial charge in [0.05, 0.1) is 0 Å². The van der Waals surface area contributed by atoms with Crippen LogP contribution < -0.4 is 5.73 Å². The highest BCUT2D eigenvalue weighted by molar-refractivity contribution is 6.30. The molecule has 0 aliphatic carbocycles. The minimum atomic E-state index is -0.223. The van der Waals surface area contributed by atoms with Gasteiger partial charge >= 0.3 is 0 Å². The van der Waals surface area contributed by atoms with Gasteiger partial charge in [-0.15, -0.1) is 0 Å². The summed E-state index contributed by atoms with van der Waals surface area (Å²) in [4.78, 5) is 0. The van der Waals surface area contributed by atoms with Crippen LogP contribution >= 0.6 is 11.6 Å². The van der Waals surface area contributed by atoms with Crippen LogP contribution in [0, 0.1) is 5.82 Å². The third-order valence-corrected chi connectivity index (χ3v) is 3.55. The third-order valence-electron chi connectivity index (χ3n) is 3.30. The van der Waals surface area contributed by atoms with Gasteiger partial charge in [-0.25, -0.2) is 4.39 Å². The molecule has 0 radical (unpaired) electrons. The number of hydrogen-bond donors (Lipinski definition) is 1. The van der Waals surface area contributed by atoms with E-state index >= 15 is 0 Å². The number of hydrogen-bond acceptors (Lipinski definition) is 1. The van der Waals surface area contributed by atoms with Gasteiger partial charge < -0.3 is 5.73 Å². The Kier molecular flexibility index (Phi) is 4.56. The van der Waals surface area contributed by atoms with Gasteiger partial charge in [0, 0.05) is 17.0 Å². The van der Waals surface area contributed by atoms with Crippen molar-refractivity contribution < 1.29 is 4.39 Å². The fourth-order valence-electron chi connectivity index (χ4n) is 2.19. The molecule has 2 aromatic carbocycles. The van der Waals surface area contributed by atoms with E-state index in [1.165, 1.54) is 17.7 Å². The van der Waals surface area contributed by atoms with E-state index in [0.29, 0.717) is 0 Å². The van der Waals surface area contributed by atoms with Crippen LogP contribution in [0.3, 0.4) is 0 Å². The van der Waals surface area contributed by atoms with Gasteiger partial charge in [-0.05, 0) is 48.7 Å². The predicted octanol–water partition coefficient (Wildman–Crippen LogP) is 4.15. The Labute approximate surface area is 118 Å². The molecular weight excluding hydrogens is 261 g/mol. The Hall–Kier alpha value is -1.38. The second-order valence-corrected chi connectivity index (χ2v) is 5.28. The van der Waals surface area contributed by atoms with Crippen LogP contribution in [-0.4, -0.2) is 6.04 Å². The predicted molar refractivity (Wildman–Crippen MR) is 77.9 cm³/mol. The Morgan fingerprint density at radius 2 is 1.63 bits per heavy atom. The third kappa shape index (κ3) is 3.79. The van der Waals surface area contributed by atoms with Crippen LogP contribution in [0.4, 0.5) is 4.39 Å². The average Bonchev–Trinajstić information content (AvgIpc) is 2.39.